The molecule has 1 unspecified atom stereocenters. The minimum Gasteiger partial charge on any atom is -0.454 e. The molecule has 1 aliphatic heterocycles. The van der Waals surface area contributed by atoms with Crippen LogP contribution in [0.25, 0.3) is 11.0 Å². The lowest BCUT2D eigenvalue weighted by Gasteiger charge is -2.32. The fourth-order valence-corrected chi connectivity index (χ4v) is 4.97. The van der Waals surface area contributed by atoms with Crippen LogP contribution in [-0.2, 0) is 22.7 Å². The van der Waals surface area contributed by atoms with Crippen LogP contribution in [0.1, 0.15) is 17.2 Å². The third kappa shape index (κ3) is 5.96. The van der Waals surface area contributed by atoms with Crippen LogP contribution in [0.2, 0.25) is 0 Å². The SMILES string of the molecule is CN(C)c1ccc(NC(=O)C(c2ccc3c(c2)OCO3)N(Cc2ccc(F)cc2)C(=O)Cn2nnc3ccccc32)cc1. The molecule has 4 aromatic carbocycles. The largest absolute Gasteiger partial charge is 0.454 e. The number of benzene rings is 4. The van der Waals surface area contributed by atoms with Crippen molar-refractivity contribution in [2.75, 3.05) is 31.1 Å². The number of fused-ring (bicyclic) bond motifs is 2. The zero-order valence-corrected chi connectivity index (χ0v) is 23.6. The maximum atomic E-state index is 14.2. The second kappa shape index (κ2) is 11.8. The molecule has 0 bridgehead atoms. The molecule has 1 aliphatic rings. The van der Waals surface area contributed by atoms with Crippen molar-refractivity contribution in [2.45, 2.75) is 19.1 Å². The quantitative estimate of drug-likeness (QED) is 0.268. The summed E-state index contributed by atoms with van der Waals surface area (Å²) >= 11 is 0. The molecule has 43 heavy (non-hydrogen) atoms. The van der Waals surface area contributed by atoms with Crippen LogP contribution < -0.4 is 19.7 Å². The highest BCUT2D eigenvalue weighted by molar-refractivity contribution is 5.98. The van der Waals surface area contributed by atoms with Gasteiger partial charge in [0, 0.05) is 32.0 Å². The van der Waals surface area contributed by atoms with Gasteiger partial charge in [-0.3, -0.25) is 9.59 Å². The molecule has 1 atom stereocenters. The van der Waals surface area contributed by atoms with E-state index in [0.717, 1.165) is 5.69 Å². The number of carbonyl (C=O) groups is 2. The molecule has 2 amide bonds. The van der Waals surface area contributed by atoms with E-state index in [1.54, 1.807) is 42.5 Å². The molecule has 1 aromatic heterocycles. The number of hydrogen-bond donors (Lipinski definition) is 1. The topological polar surface area (TPSA) is 102 Å². The molecule has 10 nitrogen and oxygen atoms in total. The lowest BCUT2D eigenvalue weighted by molar-refractivity contribution is -0.140. The standard InChI is InChI=1S/C32H29FN6O4/c1-37(2)25-14-12-24(13-15-25)34-32(41)31(22-9-16-28-29(17-22)43-20-42-28)38(18-21-7-10-23(33)11-8-21)30(40)19-39-27-6-4-3-5-26(27)35-36-39/h3-17,31H,18-20H2,1-2H3,(H,34,41). The van der Waals surface area contributed by atoms with E-state index in [2.05, 4.69) is 15.6 Å². The van der Waals surface area contributed by atoms with Gasteiger partial charge in [-0.1, -0.05) is 35.5 Å². The Morgan fingerprint density at radius 1 is 0.953 bits per heavy atom. The average Bonchev–Trinajstić information content (AvgIpc) is 3.65. The molecule has 218 valence electrons. The summed E-state index contributed by atoms with van der Waals surface area (Å²) in [7, 11) is 3.86. The number of carbonyl (C=O) groups excluding carboxylic acids is 2. The van der Waals surface area contributed by atoms with E-state index < -0.39 is 17.8 Å². The zero-order chi connectivity index (χ0) is 29.9. The molecular formula is C32H29FN6O4. The molecule has 0 saturated carbocycles. The highest BCUT2D eigenvalue weighted by Crippen LogP contribution is 2.36. The molecule has 1 N–H and O–H groups in total. The van der Waals surface area contributed by atoms with Crippen molar-refractivity contribution < 1.29 is 23.5 Å². The van der Waals surface area contributed by atoms with Gasteiger partial charge < -0.3 is 24.6 Å². The van der Waals surface area contributed by atoms with E-state index in [4.69, 9.17) is 9.47 Å². The number of ether oxygens (including phenoxy) is 2. The van der Waals surface area contributed by atoms with Crippen molar-refractivity contribution in [1.29, 1.82) is 0 Å². The molecule has 2 heterocycles. The number of amides is 2. The van der Waals surface area contributed by atoms with E-state index >= 15 is 0 Å². The first-order valence-electron chi connectivity index (χ1n) is 13.7. The first kappa shape index (κ1) is 27.7. The average molecular weight is 581 g/mol. The molecular weight excluding hydrogens is 551 g/mol. The number of anilines is 2. The van der Waals surface area contributed by atoms with Crippen molar-refractivity contribution >= 4 is 34.2 Å². The summed E-state index contributed by atoms with van der Waals surface area (Å²) in [5, 5.41) is 11.3. The predicted octanol–water partition coefficient (Wildman–Crippen LogP) is 4.77. The van der Waals surface area contributed by atoms with Gasteiger partial charge in [-0.2, -0.15) is 0 Å². The summed E-state index contributed by atoms with van der Waals surface area (Å²) in [6.45, 7) is -0.0864. The van der Waals surface area contributed by atoms with Crippen molar-refractivity contribution in [2.24, 2.45) is 0 Å². The van der Waals surface area contributed by atoms with E-state index in [-0.39, 0.29) is 25.8 Å². The number of nitrogens with zero attached hydrogens (tertiary/aromatic N) is 5. The van der Waals surface area contributed by atoms with Gasteiger partial charge in [0.1, 0.15) is 23.9 Å². The molecule has 0 aliphatic carbocycles. The van der Waals surface area contributed by atoms with Gasteiger partial charge in [-0.25, -0.2) is 9.07 Å². The first-order chi connectivity index (χ1) is 20.9. The molecule has 6 rings (SSSR count). The van der Waals surface area contributed by atoms with Gasteiger partial charge >= 0.3 is 0 Å². The van der Waals surface area contributed by atoms with Crippen LogP contribution in [0.15, 0.2) is 91.0 Å². The van der Waals surface area contributed by atoms with Crippen LogP contribution in [0.3, 0.4) is 0 Å². The van der Waals surface area contributed by atoms with Crippen molar-refractivity contribution in [1.82, 2.24) is 19.9 Å². The Morgan fingerprint density at radius 2 is 1.70 bits per heavy atom. The summed E-state index contributed by atoms with van der Waals surface area (Å²) in [6.07, 6.45) is 0. The van der Waals surface area contributed by atoms with Crippen LogP contribution in [0.5, 0.6) is 11.5 Å². The van der Waals surface area contributed by atoms with Gasteiger partial charge in [-0.15, -0.1) is 5.10 Å². The molecule has 11 heteroatoms. The Hall–Kier alpha value is -5.45. The number of aromatic nitrogens is 3. The van der Waals surface area contributed by atoms with Gasteiger partial charge in [0.2, 0.25) is 12.7 Å². The van der Waals surface area contributed by atoms with Gasteiger partial charge in [-0.05, 0) is 71.8 Å². The second-order valence-corrected chi connectivity index (χ2v) is 10.3. The highest BCUT2D eigenvalue weighted by atomic mass is 19.1. The minimum absolute atomic E-state index is 0.0256. The minimum atomic E-state index is -1.09. The Morgan fingerprint density at radius 3 is 2.47 bits per heavy atom. The summed E-state index contributed by atoms with van der Waals surface area (Å²) in [5.41, 5.74) is 4.03. The Balaban J connectivity index is 1.40. The first-order valence-corrected chi connectivity index (χ1v) is 13.7. The second-order valence-electron chi connectivity index (χ2n) is 10.3. The molecule has 0 spiro atoms. The number of hydrogen-bond acceptors (Lipinski definition) is 7. The Kier molecular flexibility index (Phi) is 7.61. The van der Waals surface area contributed by atoms with Crippen molar-refractivity contribution in [3.8, 4) is 11.5 Å². The number of nitrogens with one attached hydrogen (secondary N) is 1. The summed E-state index contributed by atoms with van der Waals surface area (Å²) in [4.78, 5) is 31.7. The van der Waals surface area contributed by atoms with E-state index in [0.29, 0.717) is 39.3 Å². The molecule has 0 fully saturated rings. The van der Waals surface area contributed by atoms with Crippen LogP contribution in [0, 0.1) is 5.82 Å². The predicted molar refractivity (Wildman–Crippen MR) is 159 cm³/mol. The normalized spacial score (nSPS) is 12.6. The van der Waals surface area contributed by atoms with E-state index in [9.17, 15) is 14.0 Å². The van der Waals surface area contributed by atoms with Gasteiger partial charge in [0.15, 0.2) is 11.5 Å². The van der Waals surface area contributed by atoms with Crippen LogP contribution in [-0.4, -0.2) is 52.6 Å². The highest BCUT2D eigenvalue weighted by Gasteiger charge is 2.33. The Labute approximate surface area is 247 Å². The fourth-order valence-electron chi connectivity index (χ4n) is 4.97. The number of para-hydroxylation sites is 1. The molecule has 0 radical (unpaired) electrons. The lowest BCUT2D eigenvalue weighted by atomic mass is 10.0. The Bertz CT molecular complexity index is 1770. The van der Waals surface area contributed by atoms with Crippen molar-refractivity contribution in [3.05, 3.63) is 108 Å². The van der Waals surface area contributed by atoms with E-state index in [1.807, 2.05) is 55.4 Å². The van der Waals surface area contributed by atoms with Crippen molar-refractivity contribution in [3.63, 3.8) is 0 Å². The lowest BCUT2D eigenvalue weighted by Crippen LogP contribution is -2.42. The van der Waals surface area contributed by atoms with Crippen LogP contribution >= 0.6 is 0 Å². The van der Waals surface area contributed by atoms with Gasteiger partial charge in [0.05, 0.1) is 5.52 Å². The summed E-state index contributed by atoms with van der Waals surface area (Å²) in [5.74, 6) is -0.201. The van der Waals surface area contributed by atoms with Crippen LogP contribution in [0.4, 0.5) is 15.8 Å². The fraction of sp³-hybridized carbons (Fsp3) is 0.188. The van der Waals surface area contributed by atoms with E-state index in [1.165, 1.54) is 21.7 Å². The third-order valence-corrected chi connectivity index (χ3v) is 7.22. The zero-order valence-electron chi connectivity index (χ0n) is 23.6. The molecule has 5 aromatic rings. The summed E-state index contributed by atoms with van der Waals surface area (Å²) < 4.78 is 26.4. The monoisotopic (exact) mass is 580 g/mol. The number of halogens is 1. The third-order valence-electron chi connectivity index (χ3n) is 7.22. The maximum absolute atomic E-state index is 14.2. The van der Waals surface area contributed by atoms with Gasteiger partial charge in [0.25, 0.3) is 5.91 Å². The maximum Gasteiger partial charge on any atom is 0.251 e. The number of rotatable bonds is 9. The molecule has 0 saturated heterocycles. The smallest absolute Gasteiger partial charge is 0.251 e. The summed E-state index contributed by atoms with van der Waals surface area (Å²) in [6, 6.07) is 24.6.